The second kappa shape index (κ2) is 9.26. The Kier molecular flexibility index (Phi) is 5.28. The molecule has 40 heavy (non-hydrogen) atoms. The average Bonchev–Trinajstić information content (AvgIpc) is 3.65. The molecule has 0 aliphatic heterocycles. The van der Waals surface area contributed by atoms with Crippen LogP contribution in [0.2, 0.25) is 0 Å². The highest BCUT2D eigenvalue weighted by molar-refractivity contribution is 7.09. The number of rotatable bonds is 4. The van der Waals surface area contributed by atoms with Gasteiger partial charge in [-0.3, -0.25) is 4.57 Å². The summed E-state index contributed by atoms with van der Waals surface area (Å²) in [5, 5.41) is 5.50. The Bertz CT molecular complexity index is 2160. The normalized spacial score (nSPS) is 11.5. The molecule has 8 aromatic rings. The summed E-state index contributed by atoms with van der Waals surface area (Å²) in [6.45, 7) is 0. The van der Waals surface area contributed by atoms with E-state index in [9.17, 15) is 0 Å². The molecule has 0 N–H and O–H groups in total. The van der Waals surface area contributed by atoms with Crippen LogP contribution in [0.25, 0.3) is 71.5 Å². The molecular formula is C35H22N4S. The van der Waals surface area contributed by atoms with Crippen molar-refractivity contribution in [3.05, 3.63) is 134 Å². The van der Waals surface area contributed by atoms with E-state index in [1.54, 1.807) is 0 Å². The molecule has 0 saturated carbocycles. The topological polar surface area (TPSA) is 43.6 Å². The zero-order chi connectivity index (χ0) is 26.5. The first-order chi connectivity index (χ1) is 19.9. The quantitative estimate of drug-likeness (QED) is 0.228. The molecule has 5 aromatic carbocycles. The zero-order valence-electron chi connectivity index (χ0n) is 21.4. The molecule has 3 aromatic heterocycles. The van der Waals surface area contributed by atoms with Crippen molar-refractivity contribution in [2.45, 2.75) is 0 Å². The minimum absolute atomic E-state index is 0.744. The summed E-state index contributed by atoms with van der Waals surface area (Å²) < 4.78 is 7.13. The van der Waals surface area contributed by atoms with Gasteiger partial charge in [0, 0.05) is 33.8 Å². The fourth-order valence-corrected chi connectivity index (χ4v) is 6.41. The molecule has 8 rings (SSSR count). The van der Waals surface area contributed by atoms with Crippen molar-refractivity contribution in [1.82, 2.24) is 18.9 Å². The van der Waals surface area contributed by atoms with E-state index in [-0.39, 0.29) is 0 Å². The summed E-state index contributed by atoms with van der Waals surface area (Å²) in [7, 11) is 0. The summed E-state index contributed by atoms with van der Waals surface area (Å²) in [5.41, 5.74) is 7.59. The first kappa shape index (κ1) is 22.8. The van der Waals surface area contributed by atoms with E-state index < -0.39 is 0 Å². The highest BCUT2D eigenvalue weighted by Gasteiger charge is 2.20. The van der Waals surface area contributed by atoms with E-state index in [0.717, 1.165) is 55.0 Å². The van der Waals surface area contributed by atoms with Crippen molar-refractivity contribution in [2.24, 2.45) is 0 Å². The molecule has 0 saturated heterocycles. The molecule has 3 heterocycles. The number of pyridine rings is 1. The number of hydrogen-bond acceptors (Lipinski definition) is 4. The van der Waals surface area contributed by atoms with Gasteiger partial charge in [-0.25, -0.2) is 9.97 Å². The fraction of sp³-hybridized carbons (Fsp3) is 0. The van der Waals surface area contributed by atoms with Crippen molar-refractivity contribution in [3.8, 4) is 38.8 Å². The Morgan fingerprint density at radius 3 is 1.98 bits per heavy atom. The minimum Gasteiger partial charge on any atom is -0.293 e. The highest BCUT2D eigenvalue weighted by Crippen LogP contribution is 2.39. The molecular weight excluding hydrogens is 508 g/mol. The van der Waals surface area contributed by atoms with Crippen molar-refractivity contribution in [2.75, 3.05) is 0 Å². The standard InChI is InChI=1S/C35H22N4S/c1-3-11-23(12-4-1)25-15-7-17-27-26(25)16-8-19-29(27)33-37-35(40-38-33)31-20-9-18-28-30-21-10-22-36-34(30)39(32(28)31)24-13-5-2-6-14-24/h1-22H. The number of para-hydroxylation sites is 2. The Morgan fingerprint density at radius 2 is 1.18 bits per heavy atom. The van der Waals surface area contributed by atoms with Crippen LogP contribution < -0.4 is 0 Å². The van der Waals surface area contributed by atoms with Gasteiger partial charge in [0.15, 0.2) is 5.82 Å². The zero-order valence-corrected chi connectivity index (χ0v) is 22.2. The molecule has 0 amide bonds. The number of aromatic nitrogens is 4. The highest BCUT2D eigenvalue weighted by atomic mass is 32.1. The van der Waals surface area contributed by atoms with Gasteiger partial charge in [0.25, 0.3) is 0 Å². The van der Waals surface area contributed by atoms with Gasteiger partial charge in [-0.05, 0) is 63.8 Å². The molecule has 0 bridgehead atoms. The van der Waals surface area contributed by atoms with Gasteiger partial charge < -0.3 is 0 Å². The molecule has 0 atom stereocenters. The van der Waals surface area contributed by atoms with Gasteiger partial charge in [0.05, 0.1) is 5.52 Å². The lowest BCUT2D eigenvalue weighted by Gasteiger charge is -2.10. The van der Waals surface area contributed by atoms with Gasteiger partial charge >= 0.3 is 0 Å². The monoisotopic (exact) mass is 530 g/mol. The van der Waals surface area contributed by atoms with Crippen LogP contribution in [0.15, 0.2) is 134 Å². The van der Waals surface area contributed by atoms with Crippen molar-refractivity contribution >= 4 is 44.2 Å². The molecule has 5 heteroatoms. The van der Waals surface area contributed by atoms with Gasteiger partial charge in [0.2, 0.25) is 0 Å². The largest absolute Gasteiger partial charge is 0.293 e. The molecule has 0 aliphatic carbocycles. The average molecular weight is 531 g/mol. The second-order valence-corrected chi connectivity index (χ2v) is 10.5. The first-order valence-corrected chi connectivity index (χ1v) is 14.0. The summed E-state index contributed by atoms with van der Waals surface area (Å²) in [5.74, 6) is 0.744. The predicted molar refractivity (Wildman–Crippen MR) is 166 cm³/mol. The van der Waals surface area contributed by atoms with Crippen LogP contribution in [0.3, 0.4) is 0 Å². The number of fused-ring (bicyclic) bond motifs is 4. The lowest BCUT2D eigenvalue weighted by Crippen LogP contribution is -1.96. The molecule has 0 radical (unpaired) electrons. The van der Waals surface area contributed by atoms with E-state index in [2.05, 4.69) is 120 Å². The fourth-order valence-electron chi connectivity index (χ4n) is 5.71. The van der Waals surface area contributed by atoms with Crippen molar-refractivity contribution in [3.63, 3.8) is 0 Å². The number of nitrogens with zero attached hydrogens (tertiary/aromatic N) is 4. The molecule has 188 valence electrons. The van der Waals surface area contributed by atoms with E-state index in [1.807, 2.05) is 18.3 Å². The van der Waals surface area contributed by atoms with Crippen molar-refractivity contribution in [1.29, 1.82) is 0 Å². The summed E-state index contributed by atoms with van der Waals surface area (Å²) in [6.07, 6.45) is 1.85. The van der Waals surface area contributed by atoms with E-state index in [0.29, 0.717) is 0 Å². The maximum atomic E-state index is 5.13. The third-order valence-electron chi connectivity index (χ3n) is 7.47. The number of benzene rings is 5. The lowest BCUT2D eigenvalue weighted by molar-refractivity contribution is 1.14. The smallest absolute Gasteiger partial charge is 0.174 e. The van der Waals surface area contributed by atoms with Crippen LogP contribution >= 0.6 is 11.5 Å². The maximum Gasteiger partial charge on any atom is 0.174 e. The first-order valence-electron chi connectivity index (χ1n) is 13.2. The van der Waals surface area contributed by atoms with Crippen LogP contribution in [0.5, 0.6) is 0 Å². The Labute approximate surface area is 235 Å². The Hall–Kier alpha value is -5.13. The molecule has 0 unspecified atom stereocenters. The van der Waals surface area contributed by atoms with Crippen LogP contribution in [0, 0.1) is 0 Å². The SMILES string of the molecule is c1ccc(-c2cccc3c(-c4nsc(-c5cccc6c7cccnc7n(-c7ccccc7)c56)n4)cccc23)cc1. The van der Waals surface area contributed by atoms with E-state index in [4.69, 9.17) is 14.3 Å². The van der Waals surface area contributed by atoms with Crippen LogP contribution in [-0.2, 0) is 0 Å². The summed E-state index contributed by atoms with van der Waals surface area (Å²) in [4.78, 5) is 9.91. The Morgan fingerprint density at radius 1 is 0.525 bits per heavy atom. The van der Waals surface area contributed by atoms with E-state index >= 15 is 0 Å². The van der Waals surface area contributed by atoms with Crippen molar-refractivity contribution < 1.29 is 0 Å². The Balaban J connectivity index is 1.33. The lowest BCUT2D eigenvalue weighted by atomic mass is 9.95. The number of hydrogen-bond donors (Lipinski definition) is 0. The maximum absolute atomic E-state index is 5.13. The molecule has 0 spiro atoms. The van der Waals surface area contributed by atoms with Gasteiger partial charge in [0.1, 0.15) is 10.7 Å². The van der Waals surface area contributed by atoms with Crippen LogP contribution in [-0.4, -0.2) is 18.9 Å². The van der Waals surface area contributed by atoms with Crippen LogP contribution in [0.4, 0.5) is 0 Å². The van der Waals surface area contributed by atoms with Gasteiger partial charge in [-0.15, -0.1) is 0 Å². The van der Waals surface area contributed by atoms with Gasteiger partial charge in [-0.1, -0.05) is 97.1 Å². The van der Waals surface area contributed by atoms with Crippen LogP contribution in [0.1, 0.15) is 0 Å². The second-order valence-electron chi connectivity index (χ2n) is 9.74. The summed E-state index contributed by atoms with van der Waals surface area (Å²) >= 11 is 1.44. The molecule has 0 fully saturated rings. The summed E-state index contributed by atoms with van der Waals surface area (Å²) in [6, 6.07) is 44.3. The third kappa shape index (κ3) is 3.56. The predicted octanol–water partition coefficient (Wildman–Crippen LogP) is 9.18. The molecule has 0 aliphatic rings. The molecule has 4 nitrogen and oxygen atoms in total. The van der Waals surface area contributed by atoms with Gasteiger partial charge in [-0.2, -0.15) is 4.37 Å². The minimum atomic E-state index is 0.744. The van der Waals surface area contributed by atoms with E-state index in [1.165, 1.54) is 28.0 Å². The third-order valence-corrected chi connectivity index (χ3v) is 8.22.